The molecular weight excluding hydrogens is 364 g/mol. The van der Waals surface area contributed by atoms with Crippen LogP contribution < -0.4 is 10.0 Å². The summed E-state index contributed by atoms with van der Waals surface area (Å²) in [6.07, 6.45) is -3.06. The molecule has 0 saturated carbocycles. The van der Waals surface area contributed by atoms with E-state index in [1.807, 2.05) is 0 Å². The molecule has 2 rings (SSSR count). The van der Waals surface area contributed by atoms with Crippen LogP contribution in [0.3, 0.4) is 0 Å². The van der Waals surface area contributed by atoms with E-state index in [9.17, 15) is 21.6 Å². The number of piperidine rings is 1. The minimum atomic E-state index is -4.56. The molecular formula is C12H15Cl2F3N2O2S. The highest BCUT2D eigenvalue weighted by atomic mass is 35.5. The fourth-order valence-electron chi connectivity index (χ4n) is 2.13. The first-order valence-electron chi connectivity index (χ1n) is 6.30. The van der Waals surface area contributed by atoms with Gasteiger partial charge in [0.25, 0.3) is 0 Å². The Labute approximate surface area is 137 Å². The number of nitrogens with one attached hydrogen (secondary N) is 2. The van der Waals surface area contributed by atoms with E-state index in [0.717, 1.165) is 19.0 Å². The van der Waals surface area contributed by atoms with Crippen LogP contribution in [0.25, 0.3) is 0 Å². The fraction of sp³-hybridized carbons (Fsp3) is 0.500. The van der Waals surface area contributed by atoms with E-state index in [0.29, 0.717) is 25.1 Å². The van der Waals surface area contributed by atoms with E-state index in [1.54, 1.807) is 0 Å². The second-order valence-electron chi connectivity index (χ2n) is 4.81. The van der Waals surface area contributed by atoms with E-state index in [1.165, 1.54) is 0 Å². The predicted octanol–water partition coefficient (Wildman–Crippen LogP) is 2.81. The first kappa shape index (κ1) is 19.5. The molecule has 0 amide bonds. The van der Waals surface area contributed by atoms with Gasteiger partial charge >= 0.3 is 6.18 Å². The zero-order valence-electron chi connectivity index (χ0n) is 11.3. The molecule has 1 aromatic carbocycles. The van der Waals surface area contributed by atoms with Crippen LogP contribution in [0.5, 0.6) is 0 Å². The Kier molecular flexibility index (Phi) is 6.52. The molecule has 10 heteroatoms. The summed E-state index contributed by atoms with van der Waals surface area (Å²) in [5, 5.41) is 2.60. The van der Waals surface area contributed by atoms with Gasteiger partial charge in [-0.15, -0.1) is 12.4 Å². The van der Waals surface area contributed by atoms with E-state index >= 15 is 0 Å². The van der Waals surface area contributed by atoms with Gasteiger partial charge in [0.05, 0.1) is 10.6 Å². The molecule has 1 aliphatic rings. The van der Waals surface area contributed by atoms with Crippen molar-refractivity contribution in [2.45, 2.75) is 30.0 Å². The highest BCUT2D eigenvalue weighted by molar-refractivity contribution is 7.89. The Morgan fingerprint density at radius 3 is 2.50 bits per heavy atom. The van der Waals surface area contributed by atoms with Crippen LogP contribution in [0, 0.1) is 0 Å². The van der Waals surface area contributed by atoms with Crippen LogP contribution >= 0.6 is 24.0 Å². The lowest BCUT2D eigenvalue weighted by atomic mass is 10.1. The lowest BCUT2D eigenvalue weighted by molar-refractivity contribution is -0.137. The lowest BCUT2D eigenvalue weighted by Gasteiger charge is -2.24. The summed E-state index contributed by atoms with van der Waals surface area (Å²) in [5.74, 6) is 0. The molecule has 0 aromatic heterocycles. The molecule has 22 heavy (non-hydrogen) atoms. The normalized spacial score (nSPS) is 19.5. The number of halogens is 5. The Hall–Kier alpha value is -0.540. The number of hydrogen-bond acceptors (Lipinski definition) is 3. The average Bonchev–Trinajstić information content (AvgIpc) is 2.37. The van der Waals surface area contributed by atoms with Crippen LogP contribution in [0.1, 0.15) is 18.4 Å². The summed E-state index contributed by atoms with van der Waals surface area (Å²) in [6.45, 7) is 1.30. The molecule has 0 radical (unpaired) electrons. The Morgan fingerprint density at radius 1 is 1.32 bits per heavy atom. The molecule has 126 valence electrons. The fourth-order valence-corrected chi connectivity index (χ4v) is 3.95. The van der Waals surface area contributed by atoms with E-state index in [4.69, 9.17) is 11.6 Å². The number of hydrogen-bond donors (Lipinski definition) is 2. The van der Waals surface area contributed by atoms with Crippen LogP contribution in [0.15, 0.2) is 23.1 Å². The average molecular weight is 379 g/mol. The monoisotopic (exact) mass is 378 g/mol. The summed E-state index contributed by atoms with van der Waals surface area (Å²) in [4.78, 5) is -0.345. The Morgan fingerprint density at radius 2 is 2.00 bits per heavy atom. The summed E-state index contributed by atoms with van der Waals surface area (Å²) >= 11 is 5.70. The molecule has 1 saturated heterocycles. The molecule has 1 atom stereocenters. The van der Waals surface area contributed by atoms with Gasteiger partial charge in [-0.1, -0.05) is 11.6 Å². The van der Waals surface area contributed by atoms with Gasteiger partial charge in [-0.25, -0.2) is 13.1 Å². The van der Waals surface area contributed by atoms with Crippen molar-refractivity contribution in [1.82, 2.24) is 10.0 Å². The predicted molar refractivity (Wildman–Crippen MR) is 79.9 cm³/mol. The maximum absolute atomic E-state index is 12.5. The standard InChI is InChI=1S/C12H14ClF3N2O2S.ClH/c13-10-6-8(12(14,15)16)3-4-11(10)21(19,20)18-9-2-1-5-17-7-9;/h3-4,6,9,17-18H,1-2,5,7H2;1H. The zero-order chi connectivity index (χ0) is 15.7. The number of benzene rings is 1. The maximum atomic E-state index is 12.5. The van der Waals surface area contributed by atoms with Crippen molar-refractivity contribution < 1.29 is 21.6 Å². The minimum Gasteiger partial charge on any atom is -0.315 e. The summed E-state index contributed by atoms with van der Waals surface area (Å²) in [7, 11) is -3.94. The molecule has 1 heterocycles. The zero-order valence-corrected chi connectivity index (χ0v) is 13.7. The second kappa shape index (κ2) is 7.35. The first-order valence-corrected chi connectivity index (χ1v) is 8.16. The summed E-state index contributed by atoms with van der Waals surface area (Å²) in [6, 6.07) is 1.92. The first-order chi connectivity index (χ1) is 9.70. The molecule has 1 aromatic rings. The van der Waals surface area contributed by atoms with Crippen molar-refractivity contribution in [2.24, 2.45) is 0 Å². The third kappa shape index (κ3) is 4.73. The van der Waals surface area contributed by atoms with Gasteiger partial charge in [0, 0.05) is 12.6 Å². The third-order valence-electron chi connectivity index (χ3n) is 3.17. The molecule has 1 aliphatic heterocycles. The topological polar surface area (TPSA) is 58.2 Å². The highest BCUT2D eigenvalue weighted by Gasteiger charge is 2.32. The molecule has 0 bridgehead atoms. The van der Waals surface area contributed by atoms with Crippen molar-refractivity contribution in [1.29, 1.82) is 0 Å². The largest absolute Gasteiger partial charge is 0.416 e. The van der Waals surface area contributed by atoms with Crippen LogP contribution in [-0.4, -0.2) is 27.5 Å². The number of alkyl halides is 3. The van der Waals surface area contributed by atoms with Gasteiger partial charge in [-0.05, 0) is 37.6 Å². The quantitative estimate of drug-likeness (QED) is 0.849. The third-order valence-corrected chi connectivity index (χ3v) is 5.17. The molecule has 0 aliphatic carbocycles. The molecule has 4 nitrogen and oxygen atoms in total. The van der Waals surface area contributed by atoms with Crippen LogP contribution in [0.2, 0.25) is 5.02 Å². The van der Waals surface area contributed by atoms with Gasteiger partial charge in [0.1, 0.15) is 4.90 Å². The van der Waals surface area contributed by atoms with E-state index in [2.05, 4.69) is 10.0 Å². The van der Waals surface area contributed by atoms with Gasteiger partial charge in [-0.2, -0.15) is 13.2 Å². The smallest absolute Gasteiger partial charge is 0.315 e. The van der Waals surface area contributed by atoms with Crippen LogP contribution in [-0.2, 0) is 16.2 Å². The number of rotatable bonds is 3. The van der Waals surface area contributed by atoms with Crippen molar-refractivity contribution in [3.05, 3.63) is 28.8 Å². The van der Waals surface area contributed by atoms with Gasteiger partial charge in [0.2, 0.25) is 10.0 Å². The van der Waals surface area contributed by atoms with Crippen LogP contribution in [0.4, 0.5) is 13.2 Å². The molecule has 1 fully saturated rings. The summed E-state index contributed by atoms with van der Waals surface area (Å²) in [5.41, 5.74) is -0.981. The summed E-state index contributed by atoms with van der Waals surface area (Å²) < 4.78 is 64.4. The lowest BCUT2D eigenvalue weighted by Crippen LogP contribution is -2.45. The van der Waals surface area contributed by atoms with Crippen molar-refractivity contribution in [2.75, 3.05) is 13.1 Å². The highest BCUT2D eigenvalue weighted by Crippen LogP contribution is 2.33. The van der Waals surface area contributed by atoms with E-state index in [-0.39, 0.29) is 23.3 Å². The van der Waals surface area contributed by atoms with Gasteiger partial charge < -0.3 is 5.32 Å². The van der Waals surface area contributed by atoms with Gasteiger partial charge in [0.15, 0.2) is 0 Å². The van der Waals surface area contributed by atoms with Crippen molar-refractivity contribution >= 4 is 34.0 Å². The minimum absolute atomic E-state index is 0. The van der Waals surface area contributed by atoms with Crippen molar-refractivity contribution in [3.63, 3.8) is 0 Å². The molecule has 1 unspecified atom stereocenters. The SMILES string of the molecule is Cl.O=S(=O)(NC1CCCNC1)c1ccc(C(F)(F)F)cc1Cl. The number of sulfonamides is 1. The Bertz CT molecular complexity index is 617. The Balaban J connectivity index is 0.00000242. The maximum Gasteiger partial charge on any atom is 0.416 e. The van der Waals surface area contributed by atoms with Crippen molar-refractivity contribution in [3.8, 4) is 0 Å². The second-order valence-corrected chi connectivity index (χ2v) is 6.90. The molecule has 2 N–H and O–H groups in total. The molecule has 0 spiro atoms. The van der Waals surface area contributed by atoms with E-state index < -0.39 is 26.8 Å². The van der Waals surface area contributed by atoms with Gasteiger partial charge in [-0.3, -0.25) is 0 Å².